The zero-order valence-corrected chi connectivity index (χ0v) is 12.3. The predicted octanol–water partition coefficient (Wildman–Crippen LogP) is 2.31. The van der Waals surface area contributed by atoms with E-state index >= 15 is 0 Å². The Hall–Kier alpha value is -2.28. The van der Waals surface area contributed by atoms with Crippen LogP contribution in [-0.2, 0) is 13.2 Å². The van der Waals surface area contributed by atoms with Gasteiger partial charge in [0, 0.05) is 23.7 Å². The molecule has 112 valence electrons. The van der Waals surface area contributed by atoms with E-state index in [-0.39, 0.29) is 12.3 Å². The molecule has 0 amide bonds. The largest absolute Gasteiger partial charge is 0.388 e. The Balaban J connectivity index is 2.54. The van der Waals surface area contributed by atoms with Gasteiger partial charge in [-0.2, -0.15) is 0 Å². The fraction of sp³-hybridized carbons (Fsp3) is 0.429. The normalized spacial score (nSPS) is 11.1. The smallest absolute Gasteiger partial charge is 0.273 e. The van der Waals surface area contributed by atoms with Crippen LogP contribution in [0.5, 0.6) is 0 Å². The molecule has 0 spiro atoms. The van der Waals surface area contributed by atoms with Gasteiger partial charge < -0.3 is 9.67 Å². The molecule has 21 heavy (non-hydrogen) atoms. The lowest BCUT2D eigenvalue weighted by atomic mass is 10.1. The highest BCUT2D eigenvalue weighted by Crippen LogP contribution is 2.26. The molecule has 0 unspecified atom stereocenters. The number of nitro benzene ring substituents is 1. The van der Waals surface area contributed by atoms with Gasteiger partial charge in [0.2, 0.25) is 0 Å². The fourth-order valence-corrected chi connectivity index (χ4v) is 2.17. The first-order valence-electron chi connectivity index (χ1n) is 6.72. The van der Waals surface area contributed by atoms with Crippen molar-refractivity contribution in [2.24, 2.45) is 5.92 Å². The van der Waals surface area contributed by atoms with Crippen LogP contribution in [-0.4, -0.2) is 24.8 Å². The number of benzene rings is 1. The minimum Gasteiger partial charge on any atom is -0.388 e. The second-order valence-electron chi connectivity index (χ2n) is 5.36. The Labute approximate surface area is 122 Å². The Bertz CT molecular complexity index is 664. The summed E-state index contributed by atoms with van der Waals surface area (Å²) in [5, 5.41) is 28.4. The molecule has 0 aliphatic carbocycles. The number of nitro groups is 1. The van der Waals surface area contributed by atoms with Gasteiger partial charge in [0.15, 0.2) is 11.6 Å². The molecule has 1 N–H and O–H groups in total. The number of aryl methyl sites for hydroxylation is 1. The topological polar surface area (TPSA) is 94.1 Å². The Morgan fingerprint density at radius 3 is 2.67 bits per heavy atom. The molecule has 0 bridgehead atoms. The molecule has 1 aromatic carbocycles. The van der Waals surface area contributed by atoms with Crippen LogP contribution in [0.15, 0.2) is 18.2 Å². The summed E-state index contributed by atoms with van der Waals surface area (Å²) in [7, 11) is 0. The van der Waals surface area contributed by atoms with Crippen molar-refractivity contribution in [1.82, 2.24) is 14.8 Å². The minimum absolute atomic E-state index is 0.0529. The van der Waals surface area contributed by atoms with Gasteiger partial charge in [-0.15, -0.1) is 10.2 Å². The Morgan fingerprint density at radius 2 is 2.10 bits per heavy atom. The van der Waals surface area contributed by atoms with Crippen LogP contribution in [0.4, 0.5) is 5.69 Å². The van der Waals surface area contributed by atoms with E-state index in [2.05, 4.69) is 10.2 Å². The van der Waals surface area contributed by atoms with Gasteiger partial charge in [-0.3, -0.25) is 10.1 Å². The van der Waals surface area contributed by atoms with Crippen LogP contribution in [0, 0.1) is 23.0 Å². The molecule has 2 aromatic rings. The summed E-state index contributed by atoms with van der Waals surface area (Å²) in [5.74, 6) is 1.34. The lowest BCUT2D eigenvalue weighted by Crippen LogP contribution is -2.10. The zero-order valence-electron chi connectivity index (χ0n) is 12.3. The molecule has 7 heteroatoms. The van der Waals surface area contributed by atoms with Crippen molar-refractivity contribution < 1.29 is 10.0 Å². The molecule has 0 radical (unpaired) electrons. The second kappa shape index (κ2) is 6.01. The van der Waals surface area contributed by atoms with Crippen LogP contribution < -0.4 is 0 Å². The molecule has 1 heterocycles. The van der Waals surface area contributed by atoms with E-state index in [1.54, 1.807) is 23.6 Å². The second-order valence-corrected chi connectivity index (χ2v) is 5.36. The van der Waals surface area contributed by atoms with Gasteiger partial charge in [-0.25, -0.2) is 0 Å². The van der Waals surface area contributed by atoms with Gasteiger partial charge in [-0.1, -0.05) is 26.0 Å². The zero-order chi connectivity index (χ0) is 15.6. The number of aliphatic hydroxyl groups is 1. The summed E-state index contributed by atoms with van der Waals surface area (Å²) in [5.41, 5.74) is 1.28. The molecule has 0 saturated carbocycles. The van der Waals surface area contributed by atoms with Crippen molar-refractivity contribution in [3.8, 4) is 11.4 Å². The van der Waals surface area contributed by atoms with E-state index in [4.69, 9.17) is 0 Å². The van der Waals surface area contributed by atoms with Gasteiger partial charge in [0.25, 0.3) is 5.69 Å². The van der Waals surface area contributed by atoms with Crippen molar-refractivity contribution >= 4 is 5.69 Å². The van der Waals surface area contributed by atoms with E-state index in [0.29, 0.717) is 35.2 Å². The van der Waals surface area contributed by atoms with Crippen LogP contribution in [0.25, 0.3) is 11.4 Å². The van der Waals surface area contributed by atoms with Crippen molar-refractivity contribution in [2.45, 2.75) is 33.9 Å². The van der Waals surface area contributed by atoms with Crippen LogP contribution in [0.1, 0.15) is 25.2 Å². The number of rotatable bonds is 5. The first-order chi connectivity index (χ1) is 9.93. The summed E-state index contributed by atoms with van der Waals surface area (Å²) in [4.78, 5) is 10.6. The van der Waals surface area contributed by atoms with Crippen molar-refractivity contribution in [1.29, 1.82) is 0 Å². The van der Waals surface area contributed by atoms with Gasteiger partial charge in [0.1, 0.15) is 6.61 Å². The number of aromatic nitrogens is 3. The quantitative estimate of drug-likeness (QED) is 0.673. The third-order valence-corrected chi connectivity index (χ3v) is 3.18. The van der Waals surface area contributed by atoms with E-state index in [1.807, 2.05) is 13.8 Å². The number of aliphatic hydroxyl groups excluding tert-OH is 1. The monoisotopic (exact) mass is 290 g/mol. The third kappa shape index (κ3) is 3.08. The Kier molecular flexibility index (Phi) is 4.32. The maximum Gasteiger partial charge on any atom is 0.273 e. The van der Waals surface area contributed by atoms with E-state index in [0.717, 1.165) is 0 Å². The molecule has 0 aliphatic rings. The lowest BCUT2D eigenvalue weighted by molar-refractivity contribution is -0.385. The summed E-state index contributed by atoms with van der Waals surface area (Å²) in [6.07, 6.45) is 0. The average molecular weight is 290 g/mol. The molecule has 0 saturated heterocycles. The maximum absolute atomic E-state index is 11.1. The van der Waals surface area contributed by atoms with Gasteiger partial charge >= 0.3 is 0 Å². The fourth-order valence-electron chi connectivity index (χ4n) is 2.17. The molecule has 0 atom stereocenters. The standard InChI is InChI=1S/C14H18N4O3/c1-9(2)7-17-13(8-19)15-16-14(17)11-5-4-10(3)12(6-11)18(20)21/h4-6,9,19H,7-8H2,1-3H3. The lowest BCUT2D eigenvalue weighted by Gasteiger charge is -2.12. The first kappa shape index (κ1) is 15.1. The summed E-state index contributed by atoms with van der Waals surface area (Å²) in [6, 6.07) is 4.97. The minimum atomic E-state index is -0.408. The number of nitrogens with zero attached hydrogens (tertiary/aromatic N) is 4. The molecular formula is C14H18N4O3. The predicted molar refractivity (Wildman–Crippen MR) is 77.6 cm³/mol. The van der Waals surface area contributed by atoms with Crippen LogP contribution in [0.2, 0.25) is 0 Å². The number of hydrogen-bond donors (Lipinski definition) is 1. The molecule has 0 fully saturated rings. The molecule has 2 rings (SSSR count). The van der Waals surface area contributed by atoms with E-state index in [9.17, 15) is 15.2 Å². The molecular weight excluding hydrogens is 272 g/mol. The third-order valence-electron chi connectivity index (χ3n) is 3.18. The van der Waals surface area contributed by atoms with Gasteiger partial charge in [-0.05, 0) is 12.8 Å². The summed E-state index contributed by atoms with van der Waals surface area (Å²) >= 11 is 0. The molecule has 1 aromatic heterocycles. The molecule has 7 nitrogen and oxygen atoms in total. The van der Waals surface area contributed by atoms with Crippen LogP contribution in [0.3, 0.4) is 0 Å². The Morgan fingerprint density at radius 1 is 1.38 bits per heavy atom. The van der Waals surface area contributed by atoms with E-state index in [1.165, 1.54) is 6.07 Å². The summed E-state index contributed by atoms with van der Waals surface area (Å²) < 4.78 is 1.80. The van der Waals surface area contributed by atoms with Crippen molar-refractivity contribution in [3.05, 3.63) is 39.7 Å². The highest BCUT2D eigenvalue weighted by atomic mass is 16.6. The first-order valence-corrected chi connectivity index (χ1v) is 6.72. The summed E-state index contributed by atoms with van der Waals surface area (Å²) in [6.45, 7) is 6.21. The van der Waals surface area contributed by atoms with E-state index < -0.39 is 4.92 Å². The highest BCUT2D eigenvalue weighted by molar-refractivity contribution is 5.61. The van der Waals surface area contributed by atoms with Crippen molar-refractivity contribution in [3.63, 3.8) is 0 Å². The molecule has 0 aliphatic heterocycles. The highest BCUT2D eigenvalue weighted by Gasteiger charge is 2.18. The van der Waals surface area contributed by atoms with Crippen molar-refractivity contribution in [2.75, 3.05) is 0 Å². The number of hydrogen-bond acceptors (Lipinski definition) is 5. The van der Waals surface area contributed by atoms with Gasteiger partial charge in [0.05, 0.1) is 4.92 Å². The average Bonchev–Trinajstić information content (AvgIpc) is 2.81. The maximum atomic E-state index is 11.1. The van der Waals surface area contributed by atoms with Crippen LogP contribution >= 0.6 is 0 Å². The SMILES string of the molecule is Cc1ccc(-c2nnc(CO)n2CC(C)C)cc1[N+](=O)[O-].